The van der Waals surface area contributed by atoms with E-state index < -0.39 is 0 Å². The van der Waals surface area contributed by atoms with Crippen molar-refractivity contribution in [3.8, 4) is 11.6 Å². The van der Waals surface area contributed by atoms with Crippen LogP contribution >= 0.6 is 9.24 Å². The lowest BCUT2D eigenvalue weighted by molar-refractivity contribution is -0.168. The number of rotatable bonds is 10. The van der Waals surface area contributed by atoms with Gasteiger partial charge in [-0.05, 0) is 62.3 Å². The summed E-state index contributed by atoms with van der Waals surface area (Å²) in [7, 11) is 3.32. The van der Waals surface area contributed by atoms with Crippen molar-refractivity contribution in [3.63, 3.8) is 0 Å². The number of pyridine rings is 1. The van der Waals surface area contributed by atoms with E-state index in [1.807, 2.05) is 18.2 Å². The lowest BCUT2D eigenvalue weighted by atomic mass is 9.81. The number of aldehydes is 1. The predicted molar refractivity (Wildman–Crippen MR) is 130 cm³/mol. The molecule has 3 rings (SSSR count). The van der Waals surface area contributed by atoms with Gasteiger partial charge >= 0.3 is 7.48 Å². The Hall–Kier alpha value is -1.79. The molecule has 2 heterocycles. The topological polar surface area (TPSA) is 66.9 Å². The zero-order chi connectivity index (χ0) is 23.2. The summed E-state index contributed by atoms with van der Waals surface area (Å²) in [5, 5.41) is -0.0813. The summed E-state index contributed by atoms with van der Waals surface area (Å²) < 4.78 is 24.0. The molecule has 172 valence electrons. The van der Waals surface area contributed by atoms with E-state index in [1.165, 1.54) is 6.20 Å². The molecule has 0 spiro atoms. The van der Waals surface area contributed by atoms with E-state index in [0.29, 0.717) is 31.3 Å². The van der Waals surface area contributed by atoms with Gasteiger partial charge in [0.05, 0.1) is 12.2 Å². The van der Waals surface area contributed by atoms with Gasteiger partial charge in [0.2, 0.25) is 5.88 Å². The number of ether oxygens (including phenoxy) is 3. The first kappa shape index (κ1) is 24.8. The molecule has 8 heteroatoms. The molecule has 0 bridgehead atoms. The van der Waals surface area contributed by atoms with Crippen LogP contribution in [0.1, 0.15) is 62.9 Å². The summed E-state index contributed by atoms with van der Waals surface area (Å²) in [5.74, 6) is 1.07. The van der Waals surface area contributed by atoms with Gasteiger partial charge in [-0.1, -0.05) is 19.9 Å². The van der Waals surface area contributed by atoms with Gasteiger partial charge in [-0.3, -0.25) is 4.79 Å². The molecule has 0 radical (unpaired) electrons. The summed E-state index contributed by atoms with van der Waals surface area (Å²) in [6, 6.07) is 9.20. The Morgan fingerprint density at radius 2 is 2.03 bits per heavy atom. The summed E-state index contributed by atoms with van der Waals surface area (Å²) in [6.45, 7) is 9.62. The largest absolute Gasteiger partial charge is 0.439 e. The fraction of sp³-hybridized carbons (Fsp3) is 0.500. The van der Waals surface area contributed by atoms with Gasteiger partial charge in [-0.15, -0.1) is 9.24 Å². The van der Waals surface area contributed by atoms with Gasteiger partial charge < -0.3 is 18.9 Å². The van der Waals surface area contributed by atoms with Gasteiger partial charge in [0, 0.05) is 29.6 Å². The highest BCUT2D eigenvalue weighted by Gasteiger charge is 2.33. The number of hydrogen-bond acceptors (Lipinski definition) is 6. The van der Waals surface area contributed by atoms with Gasteiger partial charge in [0.25, 0.3) is 0 Å². The van der Waals surface area contributed by atoms with Crippen LogP contribution in [0.4, 0.5) is 0 Å². The Morgan fingerprint density at radius 3 is 2.66 bits per heavy atom. The van der Waals surface area contributed by atoms with Crippen LogP contribution in [-0.2, 0) is 20.7 Å². The van der Waals surface area contributed by atoms with Gasteiger partial charge in [0.1, 0.15) is 5.75 Å². The highest BCUT2D eigenvalue weighted by atomic mass is 31.0. The van der Waals surface area contributed by atoms with E-state index in [0.717, 1.165) is 43.2 Å². The lowest BCUT2D eigenvalue weighted by Gasteiger charge is -2.39. The molecular weight excluding hydrogens is 424 g/mol. The molecule has 1 aromatic heterocycles. The minimum atomic E-state index is -0.332. The first-order valence-corrected chi connectivity index (χ1v) is 11.6. The molecule has 0 aliphatic carbocycles. The van der Waals surface area contributed by atoms with Crippen molar-refractivity contribution < 1.29 is 23.7 Å². The second-order valence-corrected chi connectivity index (χ2v) is 10.7. The Morgan fingerprint density at radius 1 is 1.22 bits per heavy atom. The maximum atomic E-state index is 10.8. The zero-order valence-corrected chi connectivity index (χ0v) is 20.6. The van der Waals surface area contributed by atoms with Crippen molar-refractivity contribution in [2.75, 3.05) is 6.61 Å². The van der Waals surface area contributed by atoms with E-state index >= 15 is 0 Å². The van der Waals surface area contributed by atoms with Crippen molar-refractivity contribution in [1.82, 2.24) is 4.98 Å². The van der Waals surface area contributed by atoms with Crippen LogP contribution in [0.3, 0.4) is 0 Å². The van der Waals surface area contributed by atoms with Crippen LogP contribution in [0.25, 0.3) is 0 Å². The first-order valence-electron chi connectivity index (χ1n) is 11.0. The maximum absolute atomic E-state index is 10.8. The van der Waals surface area contributed by atoms with Crippen LogP contribution in [-0.4, -0.2) is 42.4 Å². The zero-order valence-electron chi connectivity index (χ0n) is 19.4. The van der Waals surface area contributed by atoms with Crippen molar-refractivity contribution in [2.45, 2.75) is 70.6 Å². The van der Waals surface area contributed by atoms with Gasteiger partial charge in [0.15, 0.2) is 12.6 Å². The fourth-order valence-corrected chi connectivity index (χ4v) is 3.14. The summed E-state index contributed by atoms with van der Waals surface area (Å²) in [5.41, 5.74) is 2.20. The van der Waals surface area contributed by atoms with E-state index in [4.69, 9.17) is 18.9 Å². The van der Waals surface area contributed by atoms with E-state index in [2.05, 4.69) is 41.9 Å². The van der Waals surface area contributed by atoms with Crippen LogP contribution in [0, 0.1) is 0 Å². The summed E-state index contributed by atoms with van der Waals surface area (Å²) in [4.78, 5) is 15.0. The normalized spacial score (nSPS) is 17.1. The molecule has 1 fully saturated rings. The third kappa shape index (κ3) is 6.85. The molecule has 0 amide bonds. The van der Waals surface area contributed by atoms with Crippen molar-refractivity contribution in [2.24, 2.45) is 0 Å². The Balaban J connectivity index is 1.76. The number of hydrogen-bond donors (Lipinski definition) is 0. The highest BCUT2D eigenvalue weighted by Crippen LogP contribution is 2.33. The minimum Gasteiger partial charge on any atom is -0.439 e. The molecule has 1 aliphatic heterocycles. The average molecular weight is 457 g/mol. The number of carbonyl (C=O) groups excluding carboxylic acids is 1. The minimum absolute atomic E-state index is 0.0813. The molecular formula is C24H33BNO5P. The molecule has 1 aromatic carbocycles. The smallest absolute Gasteiger partial charge is 0.309 e. The Bertz CT molecular complexity index is 892. The third-order valence-corrected chi connectivity index (χ3v) is 6.69. The quantitative estimate of drug-likeness (QED) is 0.303. The lowest BCUT2D eigenvalue weighted by Crippen LogP contribution is -2.45. The van der Waals surface area contributed by atoms with Crippen molar-refractivity contribution in [1.29, 1.82) is 0 Å². The molecule has 2 atom stereocenters. The van der Waals surface area contributed by atoms with Crippen molar-refractivity contribution >= 4 is 28.5 Å². The fourth-order valence-electron chi connectivity index (χ4n) is 3.05. The first-order chi connectivity index (χ1) is 15.2. The van der Waals surface area contributed by atoms with Crippen molar-refractivity contribution in [3.05, 3.63) is 47.7 Å². The van der Waals surface area contributed by atoms with Crippen LogP contribution in [0.2, 0.25) is 0 Å². The van der Waals surface area contributed by atoms with Gasteiger partial charge in [-0.2, -0.15) is 0 Å². The Kier molecular flexibility index (Phi) is 8.46. The molecule has 1 saturated heterocycles. The van der Waals surface area contributed by atoms with E-state index in [9.17, 15) is 4.79 Å². The number of carbonyl (C=O) groups is 1. The van der Waals surface area contributed by atoms with Crippen LogP contribution in [0.15, 0.2) is 36.5 Å². The Labute approximate surface area is 193 Å². The maximum Gasteiger partial charge on any atom is 0.309 e. The third-order valence-electron chi connectivity index (χ3n) is 6.00. The van der Waals surface area contributed by atoms with E-state index in [-0.39, 0.29) is 17.0 Å². The standard InChI is InChI=1S/C24H33BNO5P/c1-23(2,24(3,4)32)31-25-20-10-9-19(30-21-11-8-17(15-27)14-26-21)13-18(20)16-29-22-7-5-6-12-28-22/h8-11,13-15,22,25H,5-7,12,16,32H2,1-4H3. The second-order valence-electron chi connectivity index (χ2n) is 9.21. The van der Waals surface area contributed by atoms with Crippen LogP contribution in [0.5, 0.6) is 11.6 Å². The molecule has 0 N–H and O–H groups in total. The van der Waals surface area contributed by atoms with Gasteiger partial charge in [-0.25, -0.2) is 4.98 Å². The number of aromatic nitrogens is 1. The SMILES string of the molecule is CC(C)(P)C(C)(C)OBc1ccc(Oc2ccc(C=O)cn2)cc1COC1CCCCO1. The van der Waals surface area contributed by atoms with E-state index in [1.54, 1.807) is 12.1 Å². The molecule has 0 saturated carbocycles. The highest BCUT2D eigenvalue weighted by molar-refractivity contribution is 7.19. The molecule has 32 heavy (non-hydrogen) atoms. The monoisotopic (exact) mass is 457 g/mol. The molecule has 6 nitrogen and oxygen atoms in total. The molecule has 2 unspecified atom stereocenters. The molecule has 1 aliphatic rings. The summed E-state index contributed by atoms with van der Waals surface area (Å²) in [6.07, 6.45) is 5.17. The number of nitrogens with zero attached hydrogens (tertiary/aromatic N) is 1. The molecule has 2 aromatic rings. The number of benzene rings is 1. The predicted octanol–water partition coefficient (Wildman–Crippen LogP) is 4.16. The second kappa shape index (κ2) is 10.9. The van der Waals surface area contributed by atoms with Crippen LogP contribution < -0.4 is 10.2 Å². The average Bonchev–Trinajstić information content (AvgIpc) is 2.77. The summed E-state index contributed by atoms with van der Waals surface area (Å²) >= 11 is 0.